The molecule has 0 unspecified atom stereocenters. The molecule has 3 aromatic carbocycles. The van der Waals surface area contributed by atoms with Gasteiger partial charge in [-0.15, -0.1) is 0 Å². The summed E-state index contributed by atoms with van der Waals surface area (Å²) in [4.78, 5) is 26.8. The number of benzene rings is 3. The molecule has 0 aliphatic carbocycles. The molecular weight excluding hydrogens is 418 g/mol. The summed E-state index contributed by atoms with van der Waals surface area (Å²) in [6.45, 7) is 2.61. The van der Waals surface area contributed by atoms with Crippen molar-refractivity contribution in [1.29, 1.82) is 0 Å². The fourth-order valence-corrected chi connectivity index (χ4v) is 4.09. The molecule has 0 spiro atoms. The van der Waals surface area contributed by atoms with E-state index < -0.39 is 0 Å². The minimum atomic E-state index is -0.324. The molecule has 1 aliphatic heterocycles. The van der Waals surface area contributed by atoms with Gasteiger partial charge in [-0.05, 0) is 35.7 Å². The first-order chi connectivity index (χ1) is 16.1. The summed E-state index contributed by atoms with van der Waals surface area (Å²) in [6.07, 6.45) is 2.52. The summed E-state index contributed by atoms with van der Waals surface area (Å²) in [5, 5.41) is 0.415. The van der Waals surface area contributed by atoms with Crippen LogP contribution in [0.2, 0.25) is 0 Å². The lowest BCUT2D eigenvalue weighted by atomic mass is 10.00. The van der Waals surface area contributed by atoms with E-state index in [-0.39, 0.29) is 23.6 Å². The second kappa shape index (κ2) is 8.47. The smallest absolute Gasteiger partial charge is 0.231 e. The summed E-state index contributed by atoms with van der Waals surface area (Å²) in [6, 6.07) is 18.5. The van der Waals surface area contributed by atoms with E-state index in [1.807, 2.05) is 41.0 Å². The zero-order valence-electron chi connectivity index (χ0n) is 18.5. The fraction of sp³-hybridized carbons (Fsp3) is 0.185. The number of fused-ring (bicyclic) bond motifs is 2. The number of aryl methyl sites for hydroxylation is 1. The van der Waals surface area contributed by atoms with E-state index in [0.717, 1.165) is 23.3 Å². The molecule has 0 fully saturated rings. The number of hydrogen-bond donors (Lipinski definition) is 0. The molecule has 4 aromatic rings. The zero-order chi connectivity index (χ0) is 22.9. The van der Waals surface area contributed by atoms with E-state index in [2.05, 4.69) is 6.92 Å². The number of rotatable bonds is 6. The average Bonchev–Trinajstić information content (AvgIpc) is 3.32. The summed E-state index contributed by atoms with van der Waals surface area (Å²) in [5.41, 5.74) is 3.06. The molecule has 2 heterocycles. The number of hydrogen-bond acceptors (Lipinski definition) is 5. The number of carbonyl (C=O) groups is 1. The Balaban J connectivity index is 1.67. The lowest BCUT2D eigenvalue weighted by molar-refractivity contribution is 0.103. The standard InChI is InChI=1S/C27H23NO5/c1-3-17-7-9-19(10-8-17)26(29)22-15-28(14-18-5-4-6-20(11-18)31-2)23-13-25-24(32-16-33-25)12-21(23)27(22)30/h4-13,15H,3,14,16H2,1-2H3. The van der Waals surface area contributed by atoms with Crippen LogP contribution in [-0.4, -0.2) is 24.3 Å². The monoisotopic (exact) mass is 441 g/mol. The van der Waals surface area contributed by atoms with Crippen molar-refractivity contribution < 1.29 is 19.0 Å². The number of carbonyl (C=O) groups excluding carboxylic acids is 1. The van der Waals surface area contributed by atoms with E-state index in [1.165, 1.54) is 0 Å². The van der Waals surface area contributed by atoms with Crippen LogP contribution in [0.5, 0.6) is 17.2 Å². The molecule has 0 saturated carbocycles. The van der Waals surface area contributed by atoms with Crippen LogP contribution in [0.15, 0.2) is 71.7 Å². The van der Waals surface area contributed by atoms with E-state index in [9.17, 15) is 9.59 Å². The van der Waals surface area contributed by atoms with E-state index in [0.29, 0.717) is 34.5 Å². The number of aromatic nitrogens is 1. The number of pyridine rings is 1. The quantitative estimate of drug-likeness (QED) is 0.410. The van der Waals surface area contributed by atoms with Crippen molar-refractivity contribution in [3.8, 4) is 17.2 Å². The highest BCUT2D eigenvalue weighted by Gasteiger charge is 2.22. The van der Waals surface area contributed by atoms with Crippen LogP contribution in [-0.2, 0) is 13.0 Å². The highest BCUT2D eigenvalue weighted by atomic mass is 16.7. The predicted octanol–water partition coefficient (Wildman–Crippen LogP) is 4.58. The highest BCUT2D eigenvalue weighted by Crippen LogP contribution is 2.35. The maximum atomic E-state index is 13.4. The first kappa shape index (κ1) is 20.8. The van der Waals surface area contributed by atoms with Crippen LogP contribution in [0.1, 0.15) is 34.0 Å². The first-order valence-electron chi connectivity index (χ1n) is 10.8. The van der Waals surface area contributed by atoms with Crippen molar-refractivity contribution in [2.24, 2.45) is 0 Å². The molecule has 1 aromatic heterocycles. The van der Waals surface area contributed by atoms with Crippen molar-refractivity contribution in [3.63, 3.8) is 0 Å². The minimum absolute atomic E-state index is 0.102. The molecule has 5 rings (SSSR count). The van der Waals surface area contributed by atoms with Gasteiger partial charge in [0.05, 0.1) is 23.6 Å². The number of ketones is 1. The van der Waals surface area contributed by atoms with Crippen LogP contribution < -0.4 is 19.6 Å². The van der Waals surface area contributed by atoms with Gasteiger partial charge >= 0.3 is 0 Å². The van der Waals surface area contributed by atoms with E-state index in [4.69, 9.17) is 14.2 Å². The zero-order valence-corrected chi connectivity index (χ0v) is 18.5. The Hall–Kier alpha value is -4.06. The summed E-state index contributed by atoms with van der Waals surface area (Å²) in [7, 11) is 1.62. The molecule has 0 atom stereocenters. The van der Waals surface area contributed by atoms with Gasteiger partial charge in [0.2, 0.25) is 12.2 Å². The Labute approximate surface area is 191 Å². The Morgan fingerprint density at radius 2 is 1.76 bits per heavy atom. The summed E-state index contributed by atoms with van der Waals surface area (Å²) < 4.78 is 18.3. The molecule has 33 heavy (non-hydrogen) atoms. The highest BCUT2D eigenvalue weighted by molar-refractivity contribution is 6.10. The van der Waals surface area contributed by atoms with Crippen LogP contribution >= 0.6 is 0 Å². The molecule has 0 bridgehead atoms. The third kappa shape index (κ3) is 3.84. The van der Waals surface area contributed by atoms with Crippen LogP contribution in [0, 0.1) is 0 Å². The lowest BCUT2D eigenvalue weighted by Gasteiger charge is -2.15. The van der Waals surface area contributed by atoms with Crippen molar-refractivity contribution in [2.45, 2.75) is 19.9 Å². The van der Waals surface area contributed by atoms with Gasteiger partial charge in [-0.25, -0.2) is 0 Å². The van der Waals surface area contributed by atoms with Crippen molar-refractivity contribution in [2.75, 3.05) is 13.9 Å². The summed E-state index contributed by atoms with van der Waals surface area (Å²) in [5.74, 6) is 1.52. The topological polar surface area (TPSA) is 66.8 Å². The summed E-state index contributed by atoms with van der Waals surface area (Å²) >= 11 is 0. The molecule has 0 amide bonds. The fourth-order valence-electron chi connectivity index (χ4n) is 4.09. The van der Waals surface area contributed by atoms with Gasteiger partial charge in [0, 0.05) is 24.4 Å². The third-order valence-electron chi connectivity index (χ3n) is 5.93. The Morgan fingerprint density at radius 1 is 1.00 bits per heavy atom. The van der Waals surface area contributed by atoms with Crippen molar-refractivity contribution >= 4 is 16.7 Å². The minimum Gasteiger partial charge on any atom is -0.497 e. The molecule has 166 valence electrons. The first-order valence-corrected chi connectivity index (χ1v) is 10.8. The van der Waals surface area contributed by atoms with E-state index in [1.54, 1.807) is 37.6 Å². The van der Waals surface area contributed by atoms with E-state index >= 15 is 0 Å². The van der Waals surface area contributed by atoms with Crippen molar-refractivity contribution in [3.05, 3.63) is 99.3 Å². The van der Waals surface area contributed by atoms with Crippen LogP contribution in [0.25, 0.3) is 10.9 Å². The molecule has 6 heteroatoms. The van der Waals surface area contributed by atoms with Crippen molar-refractivity contribution in [1.82, 2.24) is 4.57 Å². The van der Waals surface area contributed by atoms with Gasteiger partial charge in [0.1, 0.15) is 5.75 Å². The largest absolute Gasteiger partial charge is 0.497 e. The van der Waals surface area contributed by atoms with Gasteiger partial charge in [0.15, 0.2) is 17.3 Å². The Morgan fingerprint density at radius 3 is 2.48 bits per heavy atom. The predicted molar refractivity (Wildman–Crippen MR) is 126 cm³/mol. The van der Waals surface area contributed by atoms with Crippen LogP contribution in [0.4, 0.5) is 0 Å². The molecule has 0 saturated heterocycles. The number of nitrogens with zero attached hydrogens (tertiary/aromatic N) is 1. The van der Waals surface area contributed by atoms with Gasteiger partial charge in [0.25, 0.3) is 0 Å². The number of methoxy groups -OCH3 is 1. The third-order valence-corrected chi connectivity index (χ3v) is 5.93. The van der Waals surface area contributed by atoms with Gasteiger partial charge in [-0.1, -0.05) is 43.3 Å². The maximum Gasteiger partial charge on any atom is 0.231 e. The maximum absolute atomic E-state index is 13.4. The second-order valence-corrected chi connectivity index (χ2v) is 7.95. The SMILES string of the molecule is CCc1ccc(C(=O)c2cn(Cc3cccc(OC)c3)c3cc4c(cc3c2=O)OCO4)cc1. The molecule has 6 nitrogen and oxygen atoms in total. The lowest BCUT2D eigenvalue weighted by Crippen LogP contribution is -2.20. The van der Waals surface area contributed by atoms with Gasteiger partial charge in [-0.3, -0.25) is 9.59 Å². The van der Waals surface area contributed by atoms with Crippen LogP contribution in [0.3, 0.4) is 0 Å². The normalized spacial score (nSPS) is 12.2. The van der Waals surface area contributed by atoms with Gasteiger partial charge < -0.3 is 18.8 Å². The average molecular weight is 441 g/mol. The number of ether oxygens (including phenoxy) is 3. The second-order valence-electron chi connectivity index (χ2n) is 7.95. The van der Waals surface area contributed by atoms with Gasteiger partial charge in [-0.2, -0.15) is 0 Å². The Bertz CT molecular complexity index is 1420. The molecule has 0 radical (unpaired) electrons. The molecular formula is C27H23NO5. The molecule has 0 N–H and O–H groups in total. The Kier molecular flexibility index (Phi) is 5.34. The molecule has 1 aliphatic rings.